The summed E-state index contributed by atoms with van der Waals surface area (Å²) in [5.41, 5.74) is 6.38. The molecular weight excluding hydrogens is 326 g/mol. The molecule has 3 N–H and O–H groups in total. The van der Waals surface area contributed by atoms with Crippen LogP contribution in [0.4, 0.5) is 0 Å². The minimum atomic E-state index is 0.213. The van der Waals surface area contributed by atoms with E-state index in [1.54, 1.807) is 6.07 Å². The van der Waals surface area contributed by atoms with Crippen molar-refractivity contribution in [2.24, 2.45) is 11.7 Å². The van der Waals surface area contributed by atoms with E-state index in [0.717, 1.165) is 44.8 Å². The van der Waals surface area contributed by atoms with Gasteiger partial charge in [-0.05, 0) is 18.5 Å². The van der Waals surface area contributed by atoms with Gasteiger partial charge in [-0.2, -0.15) is 10.5 Å². The van der Waals surface area contributed by atoms with Crippen molar-refractivity contribution in [1.82, 2.24) is 0 Å². The van der Waals surface area contributed by atoms with Gasteiger partial charge in [0, 0.05) is 25.2 Å². The van der Waals surface area contributed by atoms with Gasteiger partial charge >= 0.3 is 0 Å². The SMILES string of the molecule is C=CC#N.CO.N#CC=C1COC1.NCCC1COC1.O=C1COC1. The first-order valence-electron chi connectivity index (χ1n) is 7.65. The number of hydrogen-bond acceptors (Lipinski definition) is 8. The molecule has 0 unspecified atom stereocenters. The molecule has 0 saturated carbocycles. The number of hydrogen-bond donors (Lipinski definition) is 2. The molecule has 3 rings (SSSR count). The number of nitriles is 2. The van der Waals surface area contributed by atoms with Crippen LogP contribution in [0.15, 0.2) is 24.3 Å². The highest BCUT2D eigenvalue weighted by atomic mass is 16.5. The number of rotatable bonds is 2. The number of carbonyl (C=O) groups is 1. The van der Waals surface area contributed by atoms with Gasteiger partial charge in [0.25, 0.3) is 0 Å². The smallest absolute Gasteiger partial charge is 0.184 e. The van der Waals surface area contributed by atoms with Crippen LogP contribution in [-0.2, 0) is 19.0 Å². The molecule has 3 aliphatic rings. The predicted octanol–water partition coefficient (Wildman–Crippen LogP) is 0.338. The van der Waals surface area contributed by atoms with Crippen LogP contribution in [-0.4, -0.2) is 64.2 Å². The van der Waals surface area contributed by atoms with Crippen molar-refractivity contribution >= 4 is 5.78 Å². The highest BCUT2D eigenvalue weighted by Crippen LogP contribution is 2.12. The Bertz CT molecular complexity index is 450. The molecule has 25 heavy (non-hydrogen) atoms. The first-order valence-corrected chi connectivity index (χ1v) is 7.65. The maximum absolute atomic E-state index is 9.77. The molecule has 0 aliphatic carbocycles. The lowest BCUT2D eigenvalue weighted by Gasteiger charge is -2.24. The minimum absolute atomic E-state index is 0.213. The summed E-state index contributed by atoms with van der Waals surface area (Å²) >= 11 is 0. The third-order valence-electron chi connectivity index (χ3n) is 2.74. The van der Waals surface area contributed by atoms with E-state index in [2.05, 4.69) is 11.3 Å². The number of nitrogens with two attached hydrogens (primary N) is 1. The van der Waals surface area contributed by atoms with E-state index in [-0.39, 0.29) is 5.78 Å². The van der Waals surface area contributed by atoms with Crippen LogP contribution >= 0.6 is 0 Å². The second kappa shape index (κ2) is 20.0. The molecular formula is C17H27N3O5. The van der Waals surface area contributed by atoms with Gasteiger partial charge < -0.3 is 25.1 Å². The average Bonchev–Trinajstić information content (AvgIpc) is 2.56. The van der Waals surface area contributed by atoms with Gasteiger partial charge in [-0.3, -0.25) is 4.79 Å². The highest BCUT2D eigenvalue weighted by Gasteiger charge is 2.16. The predicted molar refractivity (Wildman–Crippen MR) is 92.3 cm³/mol. The van der Waals surface area contributed by atoms with Crippen LogP contribution in [0.3, 0.4) is 0 Å². The molecule has 8 nitrogen and oxygen atoms in total. The number of Topliss-reactive ketones (excluding diaryl/α,β-unsaturated/α-hetero) is 1. The van der Waals surface area contributed by atoms with Crippen molar-refractivity contribution in [3.8, 4) is 12.1 Å². The van der Waals surface area contributed by atoms with Crippen LogP contribution in [0.2, 0.25) is 0 Å². The van der Waals surface area contributed by atoms with Crippen molar-refractivity contribution in [2.75, 3.05) is 53.3 Å². The van der Waals surface area contributed by atoms with Gasteiger partial charge in [0.15, 0.2) is 5.78 Å². The lowest BCUT2D eigenvalue weighted by molar-refractivity contribution is -0.140. The lowest BCUT2D eigenvalue weighted by Crippen LogP contribution is -2.29. The second-order valence-electron chi connectivity index (χ2n) is 4.77. The van der Waals surface area contributed by atoms with E-state index < -0.39 is 0 Å². The molecule has 3 fully saturated rings. The summed E-state index contributed by atoms with van der Waals surface area (Å²) in [5.74, 6) is 0.995. The van der Waals surface area contributed by atoms with Gasteiger partial charge in [0.05, 0.1) is 38.6 Å². The van der Waals surface area contributed by atoms with Crippen molar-refractivity contribution in [3.63, 3.8) is 0 Å². The highest BCUT2D eigenvalue weighted by molar-refractivity contribution is 5.84. The quantitative estimate of drug-likeness (QED) is 0.678. The van der Waals surface area contributed by atoms with Crippen molar-refractivity contribution in [3.05, 3.63) is 24.3 Å². The Morgan fingerprint density at radius 1 is 1.16 bits per heavy atom. The zero-order chi connectivity index (χ0) is 19.3. The number of ketones is 1. The first kappa shape index (κ1) is 25.2. The molecule has 0 aromatic rings. The van der Waals surface area contributed by atoms with E-state index in [0.29, 0.717) is 26.4 Å². The largest absolute Gasteiger partial charge is 0.400 e. The average molecular weight is 353 g/mol. The van der Waals surface area contributed by atoms with Gasteiger partial charge in [0.1, 0.15) is 13.2 Å². The molecule has 0 bridgehead atoms. The maximum Gasteiger partial charge on any atom is 0.184 e. The van der Waals surface area contributed by atoms with Crippen molar-refractivity contribution in [2.45, 2.75) is 6.42 Å². The van der Waals surface area contributed by atoms with Crippen molar-refractivity contribution < 1.29 is 24.1 Å². The Kier molecular flexibility index (Phi) is 20.1. The normalized spacial score (nSPS) is 16.2. The Balaban J connectivity index is 0. The third-order valence-corrected chi connectivity index (χ3v) is 2.74. The summed E-state index contributed by atoms with van der Waals surface area (Å²) in [4.78, 5) is 9.77. The maximum atomic E-state index is 9.77. The van der Waals surface area contributed by atoms with Gasteiger partial charge in [-0.25, -0.2) is 0 Å². The number of nitrogens with zero attached hydrogens (tertiary/aromatic N) is 2. The molecule has 0 amide bonds. The zero-order valence-corrected chi connectivity index (χ0v) is 14.6. The van der Waals surface area contributed by atoms with Crippen LogP contribution in [0, 0.1) is 28.6 Å². The van der Waals surface area contributed by atoms with E-state index >= 15 is 0 Å². The summed E-state index contributed by atoms with van der Waals surface area (Å²) in [5, 5.41) is 22.5. The second-order valence-corrected chi connectivity index (χ2v) is 4.77. The molecule has 0 spiro atoms. The van der Waals surface area contributed by atoms with Crippen LogP contribution in [0.25, 0.3) is 0 Å². The summed E-state index contributed by atoms with van der Waals surface area (Å²) in [6, 6.07) is 3.62. The fourth-order valence-electron chi connectivity index (χ4n) is 1.27. The molecule has 3 aliphatic heterocycles. The Labute approximate surface area is 149 Å². The molecule has 0 atom stereocenters. The standard InChI is InChI=1S/C5H11NO.C5H5NO.C3H3N.C3H4O2.CH4O/c2*6-2-1-5-3-7-4-5;1-2-3-4;4-3-1-5-2-3;1-2/h5H,1-4,6H2;1H,3-4H2;2H,1H2;1-2H2;2H,1H3. The Morgan fingerprint density at radius 3 is 1.72 bits per heavy atom. The Morgan fingerprint density at radius 2 is 1.64 bits per heavy atom. The number of carbonyl (C=O) groups excluding carboxylic acids is 1. The van der Waals surface area contributed by atoms with Crippen LogP contribution in [0.1, 0.15) is 6.42 Å². The van der Waals surface area contributed by atoms with Gasteiger partial charge in [-0.1, -0.05) is 6.58 Å². The number of allylic oxidation sites excluding steroid dienone is 2. The summed E-state index contributed by atoms with van der Waals surface area (Å²) in [7, 11) is 1.00. The lowest BCUT2D eigenvalue weighted by atomic mass is 10.1. The van der Waals surface area contributed by atoms with Crippen molar-refractivity contribution in [1.29, 1.82) is 10.5 Å². The third kappa shape index (κ3) is 16.6. The van der Waals surface area contributed by atoms with E-state index in [9.17, 15) is 4.79 Å². The molecule has 140 valence electrons. The number of ether oxygens (including phenoxy) is 3. The molecule has 0 aromatic carbocycles. The fraction of sp³-hybridized carbons (Fsp3) is 0.588. The van der Waals surface area contributed by atoms with Gasteiger partial charge in [0.2, 0.25) is 0 Å². The molecule has 3 heterocycles. The zero-order valence-electron chi connectivity index (χ0n) is 14.6. The van der Waals surface area contributed by atoms with Crippen LogP contribution < -0.4 is 5.73 Å². The molecule has 8 heteroatoms. The van der Waals surface area contributed by atoms with Crippen LogP contribution in [0.5, 0.6) is 0 Å². The Hall–Kier alpha value is -2.07. The van der Waals surface area contributed by atoms with Gasteiger partial charge in [-0.15, -0.1) is 0 Å². The first-order chi connectivity index (χ1) is 12.2. The molecule has 3 saturated heterocycles. The van der Waals surface area contributed by atoms with E-state index in [1.807, 2.05) is 6.07 Å². The molecule has 0 radical (unpaired) electrons. The molecule has 0 aromatic heterocycles. The summed E-state index contributed by atoms with van der Waals surface area (Å²) in [6.45, 7) is 7.83. The minimum Gasteiger partial charge on any atom is -0.400 e. The number of aliphatic hydroxyl groups excluding tert-OH is 1. The number of aliphatic hydroxyl groups is 1. The van der Waals surface area contributed by atoms with E-state index in [1.165, 1.54) is 12.2 Å². The topological polar surface area (TPSA) is 139 Å². The fourth-order valence-corrected chi connectivity index (χ4v) is 1.27. The summed E-state index contributed by atoms with van der Waals surface area (Å²) in [6.07, 6.45) is 3.85. The summed E-state index contributed by atoms with van der Waals surface area (Å²) < 4.78 is 14.2. The monoisotopic (exact) mass is 353 g/mol. The van der Waals surface area contributed by atoms with E-state index in [4.69, 9.17) is 30.8 Å².